The molecule has 2 heterocycles. The Balaban J connectivity index is 2.52. The molecule has 0 fully saturated rings. The van der Waals surface area contributed by atoms with Crippen LogP contribution < -0.4 is 5.32 Å². The number of hydrogen-bond donors (Lipinski definition) is 1. The summed E-state index contributed by atoms with van der Waals surface area (Å²) in [6.07, 6.45) is 0. The highest BCUT2D eigenvalue weighted by Crippen LogP contribution is 2.45. The van der Waals surface area contributed by atoms with Crippen molar-refractivity contribution in [3.63, 3.8) is 0 Å². The van der Waals surface area contributed by atoms with Gasteiger partial charge in [-0.3, -0.25) is 5.32 Å². The molecule has 0 saturated heterocycles. The molecule has 1 N–H and O–H groups in total. The van der Waals surface area contributed by atoms with Gasteiger partial charge in [-0.25, -0.2) is 4.79 Å². The molecule has 18 heavy (non-hydrogen) atoms. The normalized spacial score (nSPS) is 18.2. The monoisotopic (exact) mass is 266 g/mol. The van der Waals surface area contributed by atoms with E-state index in [0.717, 1.165) is 5.00 Å². The van der Waals surface area contributed by atoms with Gasteiger partial charge in [-0.15, -0.1) is 11.3 Å². The Morgan fingerprint density at radius 3 is 2.39 bits per heavy atom. The van der Waals surface area contributed by atoms with E-state index in [0.29, 0.717) is 5.92 Å². The Labute approximate surface area is 113 Å². The van der Waals surface area contributed by atoms with Gasteiger partial charge in [0.2, 0.25) is 0 Å². The van der Waals surface area contributed by atoms with Crippen molar-refractivity contribution in [2.24, 2.45) is 0 Å². The number of urea groups is 1. The van der Waals surface area contributed by atoms with E-state index in [1.807, 2.05) is 4.90 Å². The minimum Gasteiger partial charge on any atom is -0.313 e. The first-order valence-electron chi connectivity index (χ1n) is 6.49. The number of nitrogens with one attached hydrogen (secondary N) is 1. The number of carbonyl (C=O) groups excluding carboxylic acids is 1. The van der Waals surface area contributed by atoms with Crippen molar-refractivity contribution in [2.45, 2.75) is 59.0 Å². The molecule has 1 aliphatic rings. The van der Waals surface area contributed by atoms with Crippen molar-refractivity contribution in [3.8, 4) is 0 Å². The van der Waals surface area contributed by atoms with E-state index in [9.17, 15) is 4.79 Å². The van der Waals surface area contributed by atoms with Gasteiger partial charge in [0.15, 0.2) is 0 Å². The van der Waals surface area contributed by atoms with Crippen molar-refractivity contribution < 1.29 is 4.79 Å². The molecule has 0 radical (unpaired) electrons. The van der Waals surface area contributed by atoms with Crippen molar-refractivity contribution >= 4 is 22.4 Å². The molecular formula is C14H22N2OS. The minimum absolute atomic E-state index is 0.0136. The van der Waals surface area contributed by atoms with Gasteiger partial charge in [0.25, 0.3) is 0 Å². The first-order valence-corrected chi connectivity index (χ1v) is 7.31. The van der Waals surface area contributed by atoms with E-state index in [1.54, 1.807) is 11.3 Å². The summed E-state index contributed by atoms with van der Waals surface area (Å²) in [6.45, 7) is 12.7. The zero-order valence-electron chi connectivity index (χ0n) is 12.0. The summed E-state index contributed by atoms with van der Waals surface area (Å²) in [7, 11) is 0. The van der Waals surface area contributed by atoms with Gasteiger partial charge in [0, 0.05) is 16.5 Å². The van der Waals surface area contributed by atoms with Gasteiger partial charge in [-0.1, -0.05) is 13.8 Å². The zero-order chi connectivity index (χ0) is 13.7. The van der Waals surface area contributed by atoms with Gasteiger partial charge in [0.05, 0.1) is 5.54 Å². The zero-order valence-corrected chi connectivity index (χ0v) is 12.8. The molecule has 0 atom stereocenters. The molecule has 2 amide bonds. The van der Waals surface area contributed by atoms with E-state index >= 15 is 0 Å². The molecule has 0 spiro atoms. The second-order valence-corrected chi connectivity index (χ2v) is 7.08. The predicted molar refractivity (Wildman–Crippen MR) is 77.4 cm³/mol. The molecule has 3 nitrogen and oxygen atoms in total. The van der Waals surface area contributed by atoms with Crippen LogP contribution in [0.4, 0.5) is 9.80 Å². The number of hydrogen-bond acceptors (Lipinski definition) is 2. The molecule has 1 aromatic rings. The summed E-state index contributed by atoms with van der Waals surface area (Å²) in [5.74, 6) is 0.501. The fourth-order valence-electron chi connectivity index (χ4n) is 2.66. The van der Waals surface area contributed by atoms with E-state index in [1.165, 1.54) is 10.4 Å². The van der Waals surface area contributed by atoms with E-state index in [2.05, 4.69) is 52.9 Å². The average molecular weight is 266 g/mol. The molecule has 2 rings (SSSR count). The second kappa shape index (κ2) is 4.26. The van der Waals surface area contributed by atoms with E-state index in [-0.39, 0.29) is 17.6 Å². The molecule has 0 saturated carbocycles. The third-order valence-electron chi connectivity index (χ3n) is 3.54. The molecule has 100 valence electrons. The lowest BCUT2D eigenvalue weighted by Gasteiger charge is -2.44. The van der Waals surface area contributed by atoms with Crippen LogP contribution in [0.2, 0.25) is 0 Å². The van der Waals surface area contributed by atoms with Crippen LogP contribution in [0.25, 0.3) is 0 Å². The fourth-order valence-corrected chi connectivity index (χ4v) is 3.87. The summed E-state index contributed by atoms with van der Waals surface area (Å²) in [6, 6.07) is 2.45. The first-order chi connectivity index (χ1) is 8.25. The second-order valence-electron chi connectivity index (χ2n) is 6.00. The van der Waals surface area contributed by atoms with E-state index in [4.69, 9.17) is 0 Å². The summed E-state index contributed by atoms with van der Waals surface area (Å²) in [5.41, 5.74) is 1.000. The molecule has 0 unspecified atom stereocenters. The minimum atomic E-state index is -0.241. The van der Waals surface area contributed by atoms with Gasteiger partial charge < -0.3 is 4.90 Å². The van der Waals surface area contributed by atoms with Gasteiger partial charge >= 0.3 is 6.03 Å². The fraction of sp³-hybridized carbons (Fsp3) is 0.643. The third kappa shape index (κ3) is 1.92. The molecule has 0 aliphatic carbocycles. The van der Waals surface area contributed by atoms with Crippen LogP contribution >= 0.6 is 11.3 Å². The van der Waals surface area contributed by atoms with Crippen LogP contribution in [0.15, 0.2) is 6.07 Å². The number of rotatable bonds is 2. The van der Waals surface area contributed by atoms with Crippen LogP contribution in [0, 0.1) is 0 Å². The van der Waals surface area contributed by atoms with Crippen LogP contribution in [-0.4, -0.2) is 17.0 Å². The number of carbonyl (C=O) groups is 1. The largest absolute Gasteiger partial charge is 0.323 e. The van der Waals surface area contributed by atoms with Gasteiger partial charge in [-0.05, 0) is 39.7 Å². The highest BCUT2D eigenvalue weighted by molar-refractivity contribution is 7.16. The van der Waals surface area contributed by atoms with Crippen molar-refractivity contribution in [3.05, 3.63) is 16.5 Å². The average Bonchev–Trinajstić information content (AvgIpc) is 2.60. The van der Waals surface area contributed by atoms with Crippen molar-refractivity contribution in [1.82, 2.24) is 4.90 Å². The quantitative estimate of drug-likeness (QED) is 0.847. The Hall–Kier alpha value is -1.03. The maximum Gasteiger partial charge on any atom is 0.323 e. The predicted octanol–water partition coefficient (Wildman–Crippen LogP) is 4.36. The smallest absolute Gasteiger partial charge is 0.313 e. The van der Waals surface area contributed by atoms with Crippen LogP contribution in [-0.2, 0) is 5.54 Å². The first kappa shape index (κ1) is 13.4. The molecule has 1 aliphatic heterocycles. The van der Waals surface area contributed by atoms with Crippen LogP contribution in [0.3, 0.4) is 0 Å². The maximum atomic E-state index is 12.2. The third-order valence-corrected chi connectivity index (χ3v) is 4.89. The Bertz CT molecular complexity index is 474. The molecule has 0 aromatic carbocycles. The lowest BCUT2D eigenvalue weighted by atomic mass is 9.90. The molecule has 1 aromatic heterocycles. The van der Waals surface area contributed by atoms with Crippen molar-refractivity contribution in [1.29, 1.82) is 0 Å². The number of anilines is 1. The highest BCUT2D eigenvalue weighted by atomic mass is 32.1. The molecule has 4 heteroatoms. The van der Waals surface area contributed by atoms with Crippen LogP contribution in [0.1, 0.15) is 57.9 Å². The highest BCUT2D eigenvalue weighted by Gasteiger charge is 2.41. The summed E-state index contributed by atoms with van der Waals surface area (Å²) >= 11 is 1.70. The Kier molecular flexibility index (Phi) is 3.18. The SMILES string of the molecule is CC(C)c1cc2c(s1)NC(=O)N(C(C)C)C2(C)C. The summed E-state index contributed by atoms with van der Waals surface area (Å²) in [4.78, 5) is 15.5. The lowest BCUT2D eigenvalue weighted by Crippen LogP contribution is -2.54. The van der Waals surface area contributed by atoms with Gasteiger partial charge in [-0.2, -0.15) is 0 Å². The van der Waals surface area contributed by atoms with E-state index < -0.39 is 0 Å². The molecule has 0 bridgehead atoms. The number of amides is 2. The Morgan fingerprint density at radius 1 is 1.28 bits per heavy atom. The topological polar surface area (TPSA) is 32.3 Å². The lowest BCUT2D eigenvalue weighted by molar-refractivity contribution is 0.116. The van der Waals surface area contributed by atoms with Gasteiger partial charge in [0.1, 0.15) is 5.00 Å². The Morgan fingerprint density at radius 2 is 1.89 bits per heavy atom. The van der Waals surface area contributed by atoms with Crippen molar-refractivity contribution in [2.75, 3.05) is 5.32 Å². The molecular weight excluding hydrogens is 244 g/mol. The summed E-state index contributed by atoms with van der Waals surface area (Å²) < 4.78 is 0. The standard InChI is InChI=1S/C14H22N2OS/c1-8(2)11-7-10-12(18-11)15-13(17)16(9(3)4)14(10,5)6/h7-9H,1-6H3,(H,15,17). The number of thiophene rings is 1. The van der Waals surface area contributed by atoms with Crippen LogP contribution in [0.5, 0.6) is 0 Å². The maximum absolute atomic E-state index is 12.2. The number of fused-ring (bicyclic) bond motifs is 1. The summed E-state index contributed by atoms with van der Waals surface area (Å²) in [5, 5.41) is 4.05. The number of nitrogens with zero attached hydrogens (tertiary/aromatic N) is 1.